The summed E-state index contributed by atoms with van der Waals surface area (Å²) in [7, 11) is 0. The average Bonchev–Trinajstić information content (AvgIpc) is 3.23. The van der Waals surface area contributed by atoms with E-state index in [1.807, 2.05) is 11.6 Å². The molecule has 9 heteroatoms. The van der Waals surface area contributed by atoms with Crippen molar-refractivity contribution >= 4 is 11.8 Å². The molecule has 3 aliphatic rings. The van der Waals surface area contributed by atoms with E-state index in [0.29, 0.717) is 23.8 Å². The largest absolute Gasteiger partial charge is 0.356 e. The highest BCUT2D eigenvalue weighted by molar-refractivity contribution is 5.42. The van der Waals surface area contributed by atoms with Crippen LogP contribution in [0.4, 0.5) is 20.5 Å². The van der Waals surface area contributed by atoms with Crippen LogP contribution in [0, 0.1) is 30.4 Å². The van der Waals surface area contributed by atoms with Gasteiger partial charge in [-0.05, 0) is 62.1 Å². The van der Waals surface area contributed by atoms with E-state index in [1.165, 1.54) is 25.0 Å². The fraction of sp³-hybridized carbons (Fsp3) is 0.520. The third kappa shape index (κ3) is 3.91. The van der Waals surface area contributed by atoms with E-state index >= 15 is 0 Å². The van der Waals surface area contributed by atoms with E-state index in [4.69, 9.17) is 10.1 Å². The van der Waals surface area contributed by atoms with Crippen LogP contribution in [0.15, 0.2) is 30.6 Å². The van der Waals surface area contributed by atoms with Crippen molar-refractivity contribution in [2.75, 3.05) is 23.3 Å². The zero-order valence-corrected chi connectivity index (χ0v) is 19.3. The topological polar surface area (TPSA) is 71.8 Å². The molecule has 178 valence electrons. The Kier molecular flexibility index (Phi) is 5.42. The van der Waals surface area contributed by atoms with E-state index < -0.39 is 11.6 Å². The number of nitrogens with zero attached hydrogens (tertiary/aromatic N) is 6. The van der Waals surface area contributed by atoms with Crippen LogP contribution in [0.5, 0.6) is 0 Å². The molecular formula is C25H29F2N7. The van der Waals surface area contributed by atoms with Crippen LogP contribution in [0.1, 0.15) is 55.1 Å². The van der Waals surface area contributed by atoms with Crippen LogP contribution in [-0.4, -0.2) is 43.9 Å². The Labute approximate surface area is 197 Å². The molecule has 2 aromatic heterocycles. The van der Waals surface area contributed by atoms with E-state index in [2.05, 4.69) is 26.3 Å². The van der Waals surface area contributed by atoms with Crippen LogP contribution in [0.3, 0.4) is 0 Å². The van der Waals surface area contributed by atoms with Gasteiger partial charge in [0.2, 0.25) is 5.95 Å². The Morgan fingerprint density at radius 1 is 0.971 bits per heavy atom. The van der Waals surface area contributed by atoms with Gasteiger partial charge < -0.3 is 10.2 Å². The number of halogens is 2. The summed E-state index contributed by atoms with van der Waals surface area (Å²) in [5.74, 6) is 1.78. The molecule has 3 aromatic rings. The monoisotopic (exact) mass is 465 g/mol. The Morgan fingerprint density at radius 3 is 2.56 bits per heavy atom. The van der Waals surface area contributed by atoms with E-state index in [-0.39, 0.29) is 5.92 Å². The van der Waals surface area contributed by atoms with E-state index in [0.717, 1.165) is 61.8 Å². The average molecular weight is 466 g/mol. The third-order valence-corrected chi connectivity index (χ3v) is 7.71. The molecule has 2 unspecified atom stereocenters. The van der Waals surface area contributed by atoms with Crippen molar-refractivity contribution in [3.8, 4) is 0 Å². The molecule has 2 bridgehead atoms. The Bertz CT molecular complexity index is 1180. The van der Waals surface area contributed by atoms with Crippen molar-refractivity contribution in [1.82, 2.24) is 24.7 Å². The SMILES string of the molecule is Cc1cc(N2C[C@H]3CC[C@@H](C2)C3Nc2nc3n(n2)CCCCC3c2ccc(F)c(F)c2)ncn1. The predicted octanol–water partition coefficient (Wildman–Crippen LogP) is 4.30. The van der Waals surface area contributed by atoms with Gasteiger partial charge in [-0.15, -0.1) is 5.10 Å². The Morgan fingerprint density at radius 2 is 1.79 bits per heavy atom. The molecule has 2 aliphatic heterocycles. The third-order valence-electron chi connectivity index (χ3n) is 7.71. The minimum atomic E-state index is -0.819. The van der Waals surface area contributed by atoms with Gasteiger partial charge in [0.25, 0.3) is 0 Å². The number of aromatic nitrogens is 5. The smallest absolute Gasteiger partial charge is 0.242 e. The first-order valence-electron chi connectivity index (χ1n) is 12.2. The molecule has 6 rings (SSSR count). The Hall–Kier alpha value is -3.10. The van der Waals surface area contributed by atoms with Crippen LogP contribution in [-0.2, 0) is 6.54 Å². The van der Waals surface area contributed by atoms with Gasteiger partial charge in [-0.3, -0.25) is 0 Å². The fourth-order valence-electron chi connectivity index (χ4n) is 6.03. The van der Waals surface area contributed by atoms with Crippen LogP contribution >= 0.6 is 0 Å². The van der Waals surface area contributed by atoms with Gasteiger partial charge in [0.15, 0.2) is 11.6 Å². The number of hydrogen-bond acceptors (Lipinski definition) is 6. The van der Waals surface area contributed by atoms with Crippen LogP contribution in [0.2, 0.25) is 0 Å². The maximum absolute atomic E-state index is 14.0. The lowest BCUT2D eigenvalue weighted by molar-refractivity contribution is 0.374. The summed E-state index contributed by atoms with van der Waals surface area (Å²) in [6, 6.07) is 6.57. The summed E-state index contributed by atoms with van der Waals surface area (Å²) in [4.78, 5) is 16.0. The first kappa shape index (κ1) is 21.4. The molecule has 4 atom stereocenters. The molecule has 7 nitrogen and oxygen atoms in total. The van der Waals surface area contributed by atoms with Crippen molar-refractivity contribution in [3.63, 3.8) is 0 Å². The first-order valence-corrected chi connectivity index (χ1v) is 12.2. The quantitative estimate of drug-likeness (QED) is 0.620. The minimum Gasteiger partial charge on any atom is -0.356 e. The van der Waals surface area contributed by atoms with Crippen molar-refractivity contribution in [3.05, 3.63) is 59.3 Å². The molecule has 0 amide bonds. The number of aryl methyl sites for hydroxylation is 2. The highest BCUT2D eigenvalue weighted by Crippen LogP contribution is 2.40. The lowest BCUT2D eigenvalue weighted by atomic mass is 9.92. The molecule has 4 heterocycles. The molecule has 0 radical (unpaired) electrons. The highest BCUT2D eigenvalue weighted by atomic mass is 19.2. The van der Waals surface area contributed by atoms with E-state index in [1.54, 1.807) is 12.4 Å². The standard InChI is InChI=1S/C25H29F2N7/c1-15-10-22(29-14-28-15)33-12-17-5-6-18(13-33)23(17)30-25-31-24-19(4-2-3-9-34(24)32-25)16-7-8-20(26)21(27)11-16/h7-8,10-11,14,17-19,23H,2-6,9,12-13H2,1H3,(H,30,32)/t17-,18+,19?,23?. The number of piperidine rings is 1. The molecular weight excluding hydrogens is 436 g/mol. The molecule has 1 N–H and O–H groups in total. The number of anilines is 2. The molecule has 1 aliphatic carbocycles. The number of nitrogens with one attached hydrogen (secondary N) is 1. The molecule has 2 fully saturated rings. The van der Waals surface area contributed by atoms with Crippen LogP contribution in [0.25, 0.3) is 0 Å². The summed E-state index contributed by atoms with van der Waals surface area (Å²) in [6.45, 7) is 4.70. The maximum Gasteiger partial charge on any atom is 0.242 e. The number of fused-ring (bicyclic) bond motifs is 3. The lowest BCUT2D eigenvalue weighted by Gasteiger charge is -2.38. The number of benzene rings is 1. The molecule has 34 heavy (non-hydrogen) atoms. The number of hydrogen-bond donors (Lipinski definition) is 1. The summed E-state index contributed by atoms with van der Waals surface area (Å²) in [5.41, 5.74) is 1.74. The van der Waals surface area contributed by atoms with E-state index in [9.17, 15) is 8.78 Å². The molecule has 1 saturated heterocycles. The van der Waals surface area contributed by atoms with Crippen molar-refractivity contribution in [2.45, 2.75) is 57.5 Å². The normalized spacial score (nSPS) is 26.3. The summed E-state index contributed by atoms with van der Waals surface area (Å²) in [5, 5.41) is 8.46. The molecule has 0 spiro atoms. The second kappa shape index (κ2) is 8.60. The van der Waals surface area contributed by atoms with Crippen molar-refractivity contribution in [2.24, 2.45) is 11.8 Å². The maximum atomic E-state index is 14.0. The van der Waals surface area contributed by atoms with Crippen LogP contribution < -0.4 is 10.2 Å². The van der Waals surface area contributed by atoms with Gasteiger partial charge in [-0.2, -0.15) is 4.98 Å². The molecule has 1 saturated carbocycles. The lowest BCUT2D eigenvalue weighted by Crippen LogP contribution is -2.48. The second-order valence-electron chi connectivity index (χ2n) is 9.93. The van der Waals surface area contributed by atoms with Gasteiger partial charge in [0.05, 0.1) is 0 Å². The molecule has 1 aromatic carbocycles. The zero-order valence-electron chi connectivity index (χ0n) is 19.3. The summed E-state index contributed by atoms with van der Waals surface area (Å²) in [6.07, 6.45) is 6.84. The summed E-state index contributed by atoms with van der Waals surface area (Å²) >= 11 is 0. The van der Waals surface area contributed by atoms with Gasteiger partial charge in [0.1, 0.15) is 18.0 Å². The van der Waals surface area contributed by atoms with Gasteiger partial charge >= 0.3 is 0 Å². The van der Waals surface area contributed by atoms with Gasteiger partial charge in [-0.1, -0.05) is 12.5 Å². The second-order valence-corrected chi connectivity index (χ2v) is 9.93. The van der Waals surface area contributed by atoms with Crippen molar-refractivity contribution in [1.29, 1.82) is 0 Å². The predicted molar refractivity (Wildman–Crippen MR) is 125 cm³/mol. The Balaban J connectivity index is 1.22. The van der Waals surface area contributed by atoms with Gasteiger partial charge in [0, 0.05) is 43.4 Å². The fourth-order valence-corrected chi connectivity index (χ4v) is 6.03. The zero-order chi connectivity index (χ0) is 23.2. The number of rotatable bonds is 4. The highest BCUT2D eigenvalue weighted by Gasteiger charge is 2.43. The van der Waals surface area contributed by atoms with Crippen molar-refractivity contribution < 1.29 is 8.78 Å². The minimum absolute atomic E-state index is 0.0831. The summed E-state index contributed by atoms with van der Waals surface area (Å²) < 4.78 is 29.4. The van der Waals surface area contributed by atoms with Gasteiger partial charge in [-0.25, -0.2) is 23.4 Å². The first-order chi connectivity index (χ1) is 16.5.